The molecule has 16 nitrogen and oxygen atoms in total. The number of likely N-dealkylation sites (tertiary alicyclic amines) is 2. The number of ether oxygens (including phenoxy) is 2. The Balaban J connectivity index is 0.611. The molecule has 4 aromatic rings. The number of piperidine rings is 2. The van der Waals surface area contributed by atoms with Gasteiger partial charge in [-0.3, -0.25) is 29.4 Å². The van der Waals surface area contributed by atoms with Gasteiger partial charge in [-0.25, -0.2) is 14.8 Å². The zero-order valence-electron chi connectivity index (χ0n) is 42.9. The van der Waals surface area contributed by atoms with E-state index in [9.17, 15) is 24.0 Å². The largest absolute Gasteiger partial charge is 0.489 e. The number of anilines is 2. The summed E-state index contributed by atoms with van der Waals surface area (Å²) in [4.78, 5) is 81.9. The van der Waals surface area contributed by atoms with Gasteiger partial charge in [0.25, 0.3) is 5.91 Å². The number of carbonyl (C=O) groups is 5. The van der Waals surface area contributed by atoms with Crippen LogP contribution in [0.2, 0.25) is 0 Å². The highest BCUT2D eigenvalue weighted by molar-refractivity contribution is 7.99. The molecule has 0 radical (unpaired) electrons. The van der Waals surface area contributed by atoms with Crippen LogP contribution in [0.4, 0.5) is 16.3 Å². The van der Waals surface area contributed by atoms with Gasteiger partial charge in [0.05, 0.1) is 18.9 Å². The molecule has 5 aliphatic heterocycles. The van der Waals surface area contributed by atoms with Crippen molar-refractivity contribution in [2.75, 3.05) is 56.0 Å². The summed E-state index contributed by atoms with van der Waals surface area (Å²) in [6.45, 7) is 16.5. The third kappa shape index (κ3) is 13.6. The Kier molecular flexibility index (Phi) is 16.1. The number of hydrogen-bond acceptors (Lipinski definition) is 13. The van der Waals surface area contributed by atoms with Gasteiger partial charge in [0, 0.05) is 84.8 Å². The zero-order chi connectivity index (χ0) is 51.2. The summed E-state index contributed by atoms with van der Waals surface area (Å²) in [5, 5.41) is 9.28. The summed E-state index contributed by atoms with van der Waals surface area (Å²) in [6.07, 6.45) is 12.5. The van der Waals surface area contributed by atoms with Gasteiger partial charge in [-0.2, -0.15) is 0 Å². The fraction of sp³-hybridized carbons (Fsp3) is 0.518. The Labute approximate surface area is 433 Å². The number of benzene rings is 3. The van der Waals surface area contributed by atoms with Crippen LogP contribution < -0.4 is 25.6 Å². The van der Waals surface area contributed by atoms with Crippen molar-refractivity contribution in [2.45, 2.75) is 145 Å². The SMILES string of the molecule is CC1(NC(=O)OC(C)(C)C)CCN(c2cnc(Sc3cccc(NC(=O)CCCCCCCN4CC5(CCN(Cc6ccc(COc7cccc8c7CN(C7CCC(=O)NC7=O)C8=O)cc6)C5)C4)c3)cn2)CC1. The smallest absolute Gasteiger partial charge is 0.408 e. The topological polar surface area (TPSA) is 179 Å². The lowest BCUT2D eigenvalue weighted by atomic mass is 9.79. The molecule has 1 spiro atoms. The second-order valence-electron chi connectivity index (χ2n) is 22.0. The van der Waals surface area contributed by atoms with E-state index < -0.39 is 17.6 Å². The van der Waals surface area contributed by atoms with Crippen LogP contribution in [0.3, 0.4) is 0 Å². The van der Waals surface area contributed by atoms with Gasteiger partial charge in [-0.1, -0.05) is 67.4 Å². The summed E-state index contributed by atoms with van der Waals surface area (Å²) >= 11 is 1.51. The van der Waals surface area contributed by atoms with Gasteiger partial charge in [-0.15, -0.1) is 0 Å². The van der Waals surface area contributed by atoms with E-state index >= 15 is 0 Å². The fourth-order valence-corrected chi connectivity index (χ4v) is 11.7. The highest BCUT2D eigenvalue weighted by Gasteiger charge is 2.47. The molecular weight excluding hydrogens is 943 g/mol. The van der Waals surface area contributed by atoms with Crippen molar-refractivity contribution in [1.29, 1.82) is 0 Å². The van der Waals surface area contributed by atoms with E-state index in [0.717, 1.165) is 104 Å². The predicted molar refractivity (Wildman–Crippen MR) is 280 cm³/mol. The van der Waals surface area contributed by atoms with Gasteiger partial charge in [0.1, 0.15) is 34.8 Å². The minimum atomic E-state index is -0.655. The molecule has 5 amide bonds. The van der Waals surface area contributed by atoms with Crippen LogP contribution in [0.25, 0.3) is 0 Å². The highest BCUT2D eigenvalue weighted by Crippen LogP contribution is 2.40. The van der Waals surface area contributed by atoms with Gasteiger partial charge >= 0.3 is 6.09 Å². The monoisotopic (exact) mass is 1010 g/mol. The van der Waals surface area contributed by atoms with Gasteiger partial charge in [0.2, 0.25) is 17.7 Å². The number of aromatic nitrogens is 2. The van der Waals surface area contributed by atoms with Gasteiger partial charge < -0.3 is 34.8 Å². The van der Waals surface area contributed by atoms with E-state index in [-0.39, 0.29) is 42.3 Å². The van der Waals surface area contributed by atoms with E-state index in [1.165, 1.54) is 49.7 Å². The molecule has 1 aromatic heterocycles. The number of hydrogen-bond donors (Lipinski definition) is 3. The normalized spacial score (nSPS) is 19.6. The van der Waals surface area contributed by atoms with Crippen LogP contribution in [-0.4, -0.2) is 117 Å². The van der Waals surface area contributed by atoms with Crippen LogP contribution in [-0.2, 0) is 38.8 Å². The molecule has 3 N–H and O–H groups in total. The molecule has 5 aliphatic rings. The molecule has 4 fully saturated rings. The summed E-state index contributed by atoms with van der Waals surface area (Å²) in [5.74, 6) is 0.573. The highest BCUT2D eigenvalue weighted by atomic mass is 32.2. The third-order valence-corrected chi connectivity index (χ3v) is 15.7. The molecule has 0 saturated carbocycles. The molecule has 0 aliphatic carbocycles. The third-order valence-electron chi connectivity index (χ3n) is 14.8. The number of unbranched alkanes of at least 4 members (excludes halogenated alkanes) is 4. The first kappa shape index (κ1) is 51.8. The minimum Gasteiger partial charge on any atom is -0.489 e. The Bertz CT molecular complexity index is 2630. The van der Waals surface area contributed by atoms with Crippen LogP contribution in [0.15, 0.2) is 89.0 Å². The molecule has 3 aromatic carbocycles. The first-order valence-electron chi connectivity index (χ1n) is 26.1. The first-order valence-corrected chi connectivity index (χ1v) is 27.0. The average molecular weight is 1010 g/mol. The molecule has 0 bridgehead atoms. The summed E-state index contributed by atoms with van der Waals surface area (Å²) in [7, 11) is 0. The Morgan fingerprint density at radius 3 is 2.34 bits per heavy atom. The van der Waals surface area contributed by atoms with E-state index in [1.54, 1.807) is 23.4 Å². The maximum atomic E-state index is 13.2. The number of amides is 5. The van der Waals surface area contributed by atoms with Crippen molar-refractivity contribution < 1.29 is 33.4 Å². The van der Waals surface area contributed by atoms with Crippen molar-refractivity contribution >= 4 is 53.0 Å². The molecule has 4 saturated heterocycles. The number of carbonyl (C=O) groups excluding carboxylic acids is 5. The van der Waals surface area contributed by atoms with Crippen molar-refractivity contribution in [2.24, 2.45) is 5.41 Å². The van der Waals surface area contributed by atoms with Crippen molar-refractivity contribution in [3.63, 3.8) is 0 Å². The van der Waals surface area contributed by atoms with Crippen LogP contribution in [0.1, 0.15) is 125 Å². The second kappa shape index (κ2) is 22.6. The maximum absolute atomic E-state index is 13.2. The molecule has 388 valence electrons. The second-order valence-corrected chi connectivity index (χ2v) is 23.1. The quantitative estimate of drug-likeness (QED) is 0.0604. The number of nitrogens with zero attached hydrogens (tertiary/aromatic N) is 6. The van der Waals surface area contributed by atoms with Crippen LogP contribution in [0, 0.1) is 5.41 Å². The van der Waals surface area contributed by atoms with Gasteiger partial charge in [0.15, 0.2) is 0 Å². The summed E-state index contributed by atoms with van der Waals surface area (Å²) in [5.41, 5.74) is 3.98. The van der Waals surface area contributed by atoms with E-state index in [2.05, 4.69) is 66.8 Å². The van der Waals surface area contributed by atoms with Crippen molar-refractivity contribution in [3.05, 3.63) is 101 Å². The molecule has 1 unspecified atom stereocenters. The number of rotatable bonds is 19. The lowest BCUT2D eigenvalue weighted by Crippen LogP contribution is -2.57. The molecule has 6 heterocycles. The summed E-state index contributed by atoms with van der Waals surface area (Å²) in [6, 6.07) is 21.3. The predicted octanol–water partition coefficient (Wildman–Crippen LogP) is 8.34. The molecule has 9 rings (SSSR count). The maximum Gasteiger partial charge on any atom is 0.408 e. The number of alkyl carbamates (subject to hydrolysis) is 1. The lowest BCUT2D eigenvalue weighted by molar-refractivity contribution is -0.137. The molecule has 17 heteroatoms. The van der Waals surface area contributed by atoms with Crippen LogP contribution in [0.5, 0.6) is 5.75 Å². The number of nitrogens with one attached hydrogen (secondary N) is 3. The molecule has 1 atom stereocenters. The zero-order valence-corrected chi connectivity index (χ0v) is 43.7. The molecule has 73 heavy (non-hydrogen) atoms. The van der Waals surface area contributed by atoms with Crippen molar-refractivity contribution in [3.8, 4) is 5.75 Å². The first-order chi connectivity index (χ1) is 35.1. The Morgan fingerprint density at radius 1 is 0.849 bits per heavy atom. The van der Waals surface area contributed by atoms with E-state index in [4.69, 9.17) is 14.5 Å². The molecular formula is C56H71N9O7S. The Morgan fingerprint density at radius 2 is 1.59 bits per heavy atom. The Hall–Kier alpha value is -6.04. The lowest BCUT2D eigenvalue weighted by Gasteiger charge is -2.48. The standard InChI is InChI=1S/C56H71N9O7S/c1-54(2,3)72-53(70)61-55(4)23-28-64(29-24-55)47-31-58-50(32-57-47)73-42-13-10-12-41(30-42)59-48(66)16-8-6-5-7-9-26-63-37-56(38-63)25-27-62(36-56)33-39-17-19-40(20-18-39)35-71-46-15-11-14-43-44(46)34-65(52(43)69)45-21-22-49(67)60-51(45)68/h10-15,17-20,30-32,45H,5-9,16,21-29,33-38H2,1-4H3,(H,59,66)(H,61,70)(H,60,67,68). The van der Waals surface area contributed by atoms with Gasteiger partial charge in [-0.05, 0) is 121 Å². The number of fused-ring (bicyclic) bond motifs is 1. The van der Waals surface area contributed by atoms with Crippen molar-refractivity contribution in [1.82, 2.24) is 35.3 Å². The summed E-state index contributed by atoms with van der Waals surface area (Å²) < 4.78 is 11.7. The minimum absolute atomic E-state index is 0.0409. The average Bonchev–Trinajstić information content (AvgIpc) is 3.91. The van der Waals surface area contributed by atoms with E-state index in [0.29, 0.717) is 36.2 Å². The number of imide groups is 1. The van der Waals surface area contributed by atoms with Crippen LogP contribution >= 0.6 is 11.8 Å². The van der Waals surface area contributed by atoms with E-state index in [1.807, 2.05) is 57.2 Å². The fourth-order valence-electron chi connectivity index (χ4n) is 10.9.